The third-order valence-electron chi connectivity index (χ3n) is 13.9. The summed E-state index contributed by atoms with van der Waals surface area (Å²) in [5.74, 6) is 2.07. The van der Waals surface area contributed by atoms with Crippen LogP contribution in [0.1, 0.15) is 129 Å². The Hall–Kier alpha value is -0.860. The Balaban J connectivity index is 1.27. The summed E-state index contributed by atoms with van der Waals surface area (Å²) in [6.45, 7) is 2.77. The van der Waals surface area contributed by atoms with E-state index in [0.29, 0.717) is 37.1 Å². The lowest BCUT2D eigenvalue weighted by molar-refractivity contribution is -0.139. The highest BCUT2D eigenvalue weighted by Crippen LogP contribution is 2.53. The molecule has 0 radical (unpaired) electrons. The van der Waals surface area contributed by atoms with Gasteiger partial charge in [0.25, 0.3) is 0 Å². The van der Waals surface area contributed by atoms with Crippen LogP contribution in [0.5, 0.6) is 0 Å². The Kier molecular flexibility index (Phi) is 10.6. The monoisotopic (exact) mass is 709 g/mol. The molecular weight excluding hydrogens is 653 g/mol. The van der Waals surface area contributed by atoms with Crippen molar-refractivity contribution in [3.05, 3.63) is 0 Å². The first-order chi connectivity index (χ1) is 22.6. The van der Waals surface area contributed by atoms with Gasteiger partial charge in [-0.3, -0.25) is 19.5 Å². The van der Waals surface area contributed by atoms with Crippen LogP contribution in [0.15, 0.2) is 4.99 Å². The Bertz CT molecular complexity index is 1290. The molecule has 5 saturated carbocycles. The van der Waals surface area contributed by atoms with Gasteiger partial charge in [0.1, 0.15) is 5.84 Å². The number of amides is 2. The highest BCUT2D eigenvalue weighted by molar-refractivity contribution is 7.92. The summed E-state index contributed by atoms with van der Waals surface area (Å²) in [5.41, 5.74) is 0. The second-order valence-electron chi connectivity index (χ2n) is 16.7. The molecule has 2 amide bonds. The second kappa shape index (κ2) is 14.4. The molecule has 0 spiro atoms. The number of fused-ring (bicyclic) bond motifs is 1. The van der Waals surface area contributed by atoms with Crippen molar-refractivity contribution in [3.63, 3.8) is 0 Å². The normalized spacial score (nSPS) is 44.8. The minimum atomic E-state index is -3.31. The van der Waals surface area contributed by atoms with Crippen molar-refractivity contribution in [1.29, 1.82) is 0 Å². The van der Waals surface area contributed by atoms with Gasteiger partial charge in [-0.05, 0) is 126 Å². The predicted octanol–water partition coefficient (Wildman–Crippen LogP) is 7.27. The van der Waals surface area contributed by atoms with Crippen LogP contribution in [0, 0.1) is 41.4 Å². The fourth-order valence-corrected chi connectivity index (χ4v) is 14.7. The zero-order valence-corrected chi connectivity index (χ0v) is 30.7. The molecule has 7 aliphatic rings. The maximum atomic E-state index is 14.9. The van der Waals surface area contributed by atoms with Gasteiger partial charge < -0.3 is 5.32 Å². The number of piperidine rings is 1. The van der Waals surface area contributed by atoms with Crippen molar-refractivity contribution in [3.8, 4) is 0 Å². The molecular formula is C37H57Cl2N3O4S. The Labute approximate surface area is 293 Å². The minimum absolute atomic E-state index is 0.0256. The molecule has 7 nitrogen and oxygen atoms in total. The largest absolute Gasteiger partial charge is 0.356 e. The molecule has 264 valence electrons. The third kappa shape index (κ3) is 6.93. The Morgan fingerprint density at radius 3 is 2.23 bits per heavy atom. The van der Waals surface area contributed by atoms with Crippen LogP contribution in [0.2, 0.25) is 0 Å². The molecule has 5 aliphatic carbocycles. The van der Waals surface area contributed by atoms with E-state index < -0.39 is 9.84 Å². The average molecular weight is 711 g/mol. The maximum absolute atomic E-state index is 14.9. The fourth-order valence-electron chi connectivity index (χ4n) is 11.3. The number of alkyl halides is 2. The van der Waals surface area contributed by atoms with E-state index in [1.807, 2.05) is 0 Å². The van der Waals surface area contributed by atoms with Gasteiger partial charge in [0.2, 0.25) is 11.8 Å². The molecule has 0 aromatic heterocycles. The quantitative estimate of drug-likeness (QED) is 0.294. The lowest BCUT2D eigenvalue weighted by atomic mass is 9.73. The molecule has 9 unspecified atom stereocenters. The molecule has 0 aromatic rings. The van der Waals surface area contributed by atoms with E-state index in [2.05, 4.69) is 17.1 Å². The second-order valence-corrected chi connectivity index (χ2v) is 20.4. The molecule has 6 fully saturated rings. The van der Waals surface area contributed by atoms with E-state index in [0.717, 1.165) is 109 Å². The van der Waals surface area contributed by atoms with Gasteiger partial charge in [-0.1, -0.05) is 26.2 Å². The summed E-state index contributed by atoms with van der Waals surface area (Å²) >= 11 is 13.5. The number of nitrogens with zero attached hydrogens (tertiary/aromatic N) is 2. The molecule has 1 saturated heterocycles. The SMILES string of the molecule is CC1CCC(S(=O)(=O)C2CC(C3=NC(C4CCCC(Cl)C4)C(C4CCC(Cl)CC4)N3C(=O)C3CCNC(=O)C3)C3CCCCC32)CC1. The molecule has 2 aliphatic heterocycles. The van der Waals surface area contributed by atoms with Gasteiger partial charge in [-0.15, -0.1) is 23.2 Å². The summed E-state index contributed by atoms with van der Waals surface area (Å²) < 4.78 is 29.0. The van der Waals surface area contributed by atoms with Gasteiger partial charge in [0, 0.05) is 35.6 Å². The zero-order valence-electron chi connectivity index (χ0n) is 28.3. The highest BCUT2D eigenvalue weighted by Gasteiger charge is 2.58. The van der Waals surface area contributed by atoms with Crippen LogP contribution in [0.3, 0.4) is 0 Å². The van der Waals surface area contributed by atoms with Gasteiger partial charge in [-0.25, -0.2) is 8.42 Å². The van der Waals surface area contributed by atoms with Gasteiger partial charge in [-0.2, -0.15) is 0 Å². The van der Waals surface area contributed by atoms with Gasteiger partial charge in [0.15, 0.2) is 9.84 Å². The average Bonchev–Trinajstić information content (AvgIpc) is 3.65. The number of hydrogen-bond acceptors (Lipinski definition) is 5. The lowest BCUT2D eigenvalue weighted by Crippen LogP contribution is -2.55. The van der Waals surface area contributed by atoms with Crippen LogP contribution >= 0.6 is 23.2 Å². The molecule has 47 heavy (non-hydrogen) atoms. The van der Waals surface area contributed by atoms with E-state index in [1.165, 1.54) is 0 Å². The van der Waals surface area contributed by atoms with Crippen LogP contribution in [0.4, 0.5) is 0 Å². The van der Waals surface area contributed by atoms with Crippen molar-refractivity contribution in [2.24, 2.45) is 46.4 Å². The summed E-state index contributed by atoms with van der Waals surface area (Å²) in [6, 6.07) is -0.0847. The number of halogens is 2. The molecule has 7 rings (SSSR count). The van der Waals surface area contributed by atoms with Crippen LogP contribution in [-0.2, 0) is 19.4 Å². The number of nitrogens with one attached hydrogen (secondary N) is 1. The molecule has 9 atom stereocenters. The molecule has 1 N–H and O–H groups in total. The lowest BCUT2D eigenvalue weighted by Gasteiger charge is -2.43. The Morgan fingerprint density at radius 2 is 1.53 bits per heavy atom. The van der Waals surface area contributed by atoms with E-state index in [1.54, 1.807) is 0 Å². The summed E-state index contributed by atoms with van der Waals surface area (Å²) in [4.78, 5) is 35.3. The predicted molar refractivity (Wildman–Crippen MR) is 188 cm³/mol. The summed E-state index contributed by atoms with van der Waals surface area (Å²) in [6.07, 6.45) is 17.1. The standard InChI is InChI=1S/C37H57Cl2N3O4S/c1-22-9-15-28(16-10-22)47(45,46)32-21-31(29-7-2-3-8-30(29)32)36-41-34(24-5-4-6-27(39)19-24)35(23-11-13-26(38)14-12-23)42(36)37(44)25-17-18-40-33(43)20-25/h22-32,34-35H,2-21H2,1H3,(H,40,43). The number of hydrogen-bond donors (Lipinski definition) is 1. The first kappa shape index (κ1) is 34.6. The van der Waals surface area contributed by atoms with Gasteiger partial charge >= 0.3 is 0 Å². The van der Waals surface area contributed by atoms with E-state index in [9.17, 15) is 18.0 Å². The van der Waals surface area contributed by atoms with Crippen molar-refractivity contribution in [2.75, 3.05) is 6.54 Å². The number of amidine groups is 1. The summed E-state index contributed by atoms with van der Waals surface area (Å²) in [5, 5.41) is 2.65. The first-order valence-corrected chi connectivity index (χ1v) is 21.8. The van der Waals surface area contributed by atoms with Crippen molar-refractivity contribution in [1.82, 2.24) is 10.2 Å². The molecule has 0 aromatic carbocycles. The summed E-state index contributed by atoms with van der Waals surface area (Å²) in [7, 11) is -3.31. The van der Waals surface area contributed by atoms with Gasteiger partial charge in [0.05, 0.1) is 22.6 Å². The van der Waals surface area contributed by atoms with E-state index >= 15 is 0 Å². The molecule has 10 heteroatoms. The minimum Gasteiger partial charge on any atom is -0.356 e. The third-order valence-corrected chi connectivity index (χ3v) is 17.5. The first-order valence-electron chi connectivity index (χ1n) is 19.3. The molecule has 2 heterocycles. The Morgan fingerprint density at radius 1 is 0.809 bits per heavy atom. The van der Waals surface area contributed by atoms with Crippen LogP contribution in [0.25, 0.3) is 0 Å². The number of carbonyl (C=O) groups is 2. The van der Waals surface area contributed by atoms with Crippen LogP contribution < -0.4 is 5.32 Å². The van der Waals surface area contributed by atoms with E-state index in [-0.39, 0.29) is 75.2 Å². The number of rotatable bonds is 6. The van der Waals surface area contributed by atoms with Crippen molar-refractivity contribution >= 4 is 50.7 Å². The van der Waals surface area contributed by atoms with E-state index in [4.69, 9.17) is 28.2 Å². The highest BCUT2D eigenvalue weighted by atomic mass is 35.5. The number of aliphatic imine (C=N–C) groups is 1. The number of sulfone groups is 1. The number of carbonyl (C=O) groups excluding carboxylic acids is 2. The maximum Gasteiger partial charge on any atom is 0.231 e. The topological polar surface area (TPSA) is 95.9 Å². The fraction of sp³-hybridized carbons (Fsp3) is 0.919. The smallest absolute Gasteiger partial charge is 0.231 e. The zero-order chi connectivity index (χ0) is 32.9. The van der Waals surface area contributed by atoms with Crippen molar-refractivity contribution < 1.29 is 18.0 Å². The van der Waals surface area contributed by atoms with Crippen molar-refractivity contribution in [2.45, 2.75) is 162 Å². The molecule has 0 bridgehead atoms. The van der Waals surface area contributed by atoms with Crippen LogP contribution in [-0.4, -0.2) is 70.9 Å².